The van der Waals surface area contributed by atoms with Crippen molar-refractivity contribution in [2.24, 2.45) is 0 Å². The molecule has 2 heterocycles. The van der Waals surface area contributed by atoms with Crippen LogP contribution in [0.25, 0.3) is 0 Å². The molecule has 0 amide bonds. The molecule has 0 bridgehead atoms. The van der Waals surface area contributed by atoms with E-state index in [0.717, 1.165) is 29.4 Å². The first-order valence-corrected chi connectivity index (χ1v) is 6.33. The number of rotatable bonds is 4. The molecule has 0 spiro atoms. The lowest BCUT2D eigenvalue weighted by atomic mass is 10.2. The number of nitrogen functional groups attached to an aromatic ring is 1. The summed E-state index contributed by atoms with van der Waals surface area (Å²) in [7, 11) is 0. The molecular formula is C13H19N5O. The zero-order valence-corrected chi connectivity index (χ0v) is 11.7. The average molecular weight is 261 g/mol. The Hall–Kier alpha value is -2.11. The smallest absolute Gasteiger partial charge is 0.216 e. The summed E-state index contributed by atoms with van der Waals surface area (Å²) in [6.07, 6.45) is 2.44. The van der Waals surface area contributed by atoms with Crippen LogP contribution in [0, 0.1) is 13.8 Å². The van der Waals surface area contributed by atoms with Gasteiger partial charge < -0.3 is 15.5 Å². The molecular weight excluding hydrogens is 242 g/mol. The van der Waals surface area contributed by atoms with Gasteiger partial charge in [-0.1, -0.05) is 6.92 Å². The summed E-state index contributed by atoms with van der Waals surface area (Å²) in [5.41, 5.74) is 6.73. The number of hydrogen-bond donors (Lipinski definition) is 2. The molecule has 6 nitrogen and oxygen atoms in total. The van der Waals surface area contributed by atoms with Crippen molar-refractivity contribution < 1.29 is 4.42 Å². The second-order valence-electron chi connectivity index (χ2n) is 4.53. The fourth-order valence-electron chi connectivity index (χ4n) is 1.72. The molecule has 2 aromatic heterocycles. The second-order valence-corrected chi connectivity index (χ2v) is 4.53. The summed E-state index contributed by atoms with van der Waals surface area (Å²) < 4.78 is 5.50. The van der Waals surface area contributed by atoms with E-state index >= 15 is 0 Å². The fourth-order valence-corrected chi connectivity index (χ4v) is 1.72. The Balaban J connectivity index is 2.25. The summed E-state index contributed by atoms with van der Waals surface area (Å²) in [6.45, 7) is 7.72. The van der Waals surface area contributed by atoms with Crippen LogP contribution in [-0.4, -0.2) is 15.0 Å². The number of nitrogens with zero attached hydrogens (tertiary/aromatic N) is 3. The van der Waals surface area contributed by atoms with Crippen molar-refractivity contribution in [3.63, 3.8) is 0 Å². The van der Waals surface area contributed by atoms with Crippen LogP contribution in [0.2, 0.25) is 0 Å². The van der Waals surface area contributed by atoms with Crippen LogP contribution < -0.4 is 11.1 Å². The summed E-state index contributed by atoms with van der Waals surface area (Å²) >= 11 is 0. The molecule has 0 aliphatic heterocycles. The van der Waals surface area contributed by atoms with Gasteiger partial charge in [-0.05, 0) is 20.8 Å². The van der Waals surface area contributed by atoms with Gasteiger partial charge in [0.2, 0.25) is 5.89 Å². The van der Waals surface area contributed by atoms with Crippen LogP contribution in [0.5, 0.6) is 0 Å². The Labute approximate surface area is 112 Å². The number of nitrogens with two attached hydrogens (primary N) is 1. The van der Waals surface area contributed by atoms with E-state index in [1.807, 2.05) is 27.7 Å². The summed E-state index contributed by atoms with van der Waals surface area (Å²) in [4.78, 5) is 12.9. The third-order valence-corrected chi connectivity index (χ3v) is 2.91. The van der Waals surface area contributed by atoms with Crippen molar-refractivity contribution in [1.29, 1.82) is 0 Å². The lowest BCUT2D eigenvalue weighted by Gasteiger charge is -2.15. The highest BCUT2D eigenvalue weighted by Gasteiger charge is 2.15. The summed E-state index contributed by atoms with van der Waals surface area (Å²) in [6, 6.07) is -0.0774. The van der Waals surface area contributed by atoms with Crippen LogP contribution >= 0.6 is 0 Å². The van der Waals surface area contributed by atoms with Gasteiger partial charge >= 0.3 is 0 Å². The molecule has 0 aliphatic rings. The zero-order valence-electron chi connectivity index (χ0n) is 11.7. The first-order chi connectivity index (χ1) is 9.01. The van der Waals surface area contributed by atoms with E-state index in [4.69, 9.17) is 10.2 Å². The molecule has 0 saturated heterocycles. The van der Waals surface area contributed by atoms with E-state index in [1.54, 1.807) is 6.20 Å². The zero-order chi connectivity index (χ0) is 14.0. The second kappa shape index (κ2) is 5.26. The van der Waals surface area contributed by atoms with Crippen LogP contribution in [0.1, 0.15) is 42.9 Å². The first-order valence-electron chi connectivity index (χ1n) is 6.33. The van der Waals surface area contributed by atoms with Crippen molar-refractivity contribution in [3.05, 3.63) is 29.2 Å². The van der Waals surface area contributed by atoms with Crippen molar-refractivity contribution in [2.75, 3.05) is 11.1 Å². The molecule has 0 aromatic carbocycles. The van der Waals surface area contributed by atoms with Gasteiger partial charge in [0.1, 0.15) is 29.3 Å². The molecule has 2 aromatic rings. The maximum atomic E-state index is 5.89. The highest BCUT2D eigenvalue weighted by atomic mass is 16.4. The average Bonchev–Trinajstić information content (AvgIpc) is 2.81. The first kappa shape index (κ1) is 13.3. The van der Waals surface area contributed by atoms with Gasteiger partial charge in [-0.25, -0.2) is 15.0 Å². The molecule has 0 radical (unpaired) electrons. The maximum absolute atomic E-state index is 5.89. The van der Waals surface area contributed by atoms with E-state index in [-0.39, 0.29) is 6.04 Å². The number of nitrogens with one attached hydrogen (secondary N) is 1. The standard InChI is InChI=1S/C13H19N5O/c1-5-10-17-11(14)8(3)12(18-10)16-9(4)13-15-6-7(2)19-13/h6,9H,5H2,1-4H3,(H3,14,16,17,18). The van der Waals surface area contributed by atoms with Gasteiger partial charge in [0.25, 0.3) is 0 Å². The Morgan fingerprint density at radius 3 is 2.68 bits per heavy atom. The van der Waals surface area contributed by atoms with Gasteiger partial charge in [0.05, 0.1) is 6.20 Å². The van der Waals surface area contributed by atoms with Gasteiger partial charge in [-0.3, -0.25) is 0 Å². The summed E-state index contributed by atoms with van der Waals surface area (Å²) in [5.74, 6) is 3.38. The highest BCUT2D eigenvalue weighted by molar-refractivity contribution is 5.55. The van der Waals surface area contributed by atoms with E-state index < -0.39 is 0 Å². The van der Waals surface area contributed by atoms with E-state index in [0.29, 0.717) is 11.7 Å². The third-order valence-electron chi connectivity index (χ3n) is 2.91. The number of hydrogen-bond acceptors (Lipinski definition) is 6. The minimum atomic E-state index is -0.0774. The Bertz CT molecular complexity index is 578. The van der Waals surface area contributed by atoms with E-state index in [2.05, 4.69) is 20.3 Å². The van der Waals surface area contributed by atoms with Crippen LogP contribution in [0.15, 0.2) is 10.6 Å². The lowest BCUT2D eigenvalue weighted by molar-refractivity contribution is 0.453. The summed E-state index contributed by atoms with van der Waals surface area (Å²) in [5, 5.41) is 3.27. The molecule has 3 N–H and O–H groups in total. The molecule has 0 fully saturated rings. The third kappa shape index (κ3) is 2.83. The molecule has 2 rings (SSSR count). The molecule has 6 heteroatoms. The number of oxazole rings is 1. The predicted molar refractivity (Wildman–Crippen MR) is 73.8 cm³/mol. The SMILES string of the molecule is CCc1nc(N)c(C)c(NC(C)c2ncc(C)o2)n1. The quantitative estimate of drug-likeness (QED) is 0.878. The molecule has 102 valence electrons. The Morgan fingerprint density at radius 2 is 2.11 bits per heavy atom. The van der Waals surface area contributed by atoms with Crippen molar-refractivity contribution in [3.8, 4) is 0 Å². The number of aromatic nitrogens is 3. The van der Waals surface area contributed by atoms with Gasteiger partial charge in [-0.2, -0.15) is 0 Å². The van der Waals surface area contributed by atoms with Crippen molar-refractivity contribution in [2.45, 2.75) is 40.2 Å². The van der Waals surface area contributed by atoms with Crippen LogP contribution in [0.4, 0.5) is 11.6 Å². The van der Waals surface area contributed by atoms with Crippen LogP contribution in [0.3, 0.4) is 0 Å². The molecule has 19 heavy (non-hydrogen) atoms. The minimum Gasteiger partial charge on any atom is -0.444 e. The van der Waals surface area contributed by atoms with Gasteiger partial charge in [-0.15, -0.1) is 0 Å². The number of anilines is 2. The van der Waals surface area contributed by atoms with E-state index in [9.17, 15) is 0 Å². The predicted octanol–water partition coefficient (Wildman–Crippen LogP) is 2.40. The molecule has 0 saturated carbocycles. The topological polar surface area (TPSA) is 89.9 Å². The fraction of sp³-hybridized carbons (Fsp3) is 0.462. The monoisotopic (exact) mass is 261 g/mol. The largest absolute Gasteiger partial charge is 0.444 e. The van der Waals surface area contributed by atoms with Gasteiger partial charge in [0.15, 0.2) is 0 Å². The minimum absolute atomic E-state index is 0.0774. The van der Waals surface area contributed by atoms with Gasteiger partial charge in [0, 0.05) is 12.0 Å². The Morgan fingerprint density at radius 1 is 1.37 bits per heavy atom. The lowest BCUT2D eigenvalue weighted by Crippen LogP contribution is -2.13. The number of aryl methyl sites for hydroxylation is 2. The van der Waals surface area contributed by atoms with Crippen molar-refractivity contribution >= 4 is 11.6 Å². The highest BCUT2D eigenvalue weighted by Crippen LogP contribution is 2.23. The van der Waals surface area contributed by atoms with E-state index in [1.165, 1.54) is 0 Å². The maximum Gasteiger partial charge on any atom is 0.216 e. The molecule has 0 aliphatic carbocycles. The Kier molecular flexibility index (Phi) is 3.69. The molecule has 1 unspecified atom stereocenters. The molecule has 1 atom stereocenters. The van der Waals surface area contributed by atoms with Crippen molar-refractivity contribution in [1.82, 2.24) is 15.0 Å². The normalized spacial score (nSPS) is 12.4. The van der Waals surface area contributed by atoms with Crippen LogP contribution in [-0.2, 0) is 6.42 Å².